The van der Waals surface area contributed by atoms with E-state index < -0.39 is 6.09 Å². The molecule has 0 aliphatic carbocycles. The SMILES string of the molecule is COCCC(NC(=O)O)c1csc(Br)n1. The third-order valence-electron chi connectivity index (χ3n) is 1.76. The first-order chi connectivity index (χ1) is 7.13. The van der Waals surface area contributed by atoms with Gasteiger partial charge < -0.3 is 15.2 Å². The van der Waals surface area contributed by atoms with E-state index in [-0.39, 0.29) is 6.04 Å². The second-order valence-electron chi connectivity index (χ2n) is 2.81. The van der Waals surface area contributed by atoms with Gasteiger partial charge in [-0.15, -0.1) is 11.3 Å². The lowest BCUT2D eigenvalue weighted by atomic mass is 10.1. The van der Waals surface area contributed by atoms with Gasteiger partial charge in [0.2, 0.25) is 0 Å². The van der Waals surface area contributed by atoms with Crippen molar-refractivity contribution in [2.24, 2.45) is 0 Å². The molecule has 5 nitrogen and oxygen atoms in total. The van der Waals surface area contributed by atoms with Gasteiger partial charge in [-0.2, -0.15) is 0 Å². The molecule has 0 saturated heterocycles. The van der Waals surface area contributed by atoms with Crippen LogP contribution in [0.25, 0.3) is 0 Å². The molecule has 7 heteroatoms. The second-order valence-corrected chi connectivity index (χ2v) is 4.94. The van der Waals surface area contributed by atoms with E-state index in [0.717, 1.165) is 3.92 Å². The highest BCUT2D eigenvalue weighted by Crippen LogP contribution is 2.22. The van der Waals surface area contributed by atoms with Gasteiger partial charge in [0.25, 0.3) is 0 Å². The predicted molar refractivity (Wildman–Crippen MR) is 60.2 cm³/mol. The molecule has 1 aromatic rings. The fraction of sp³-hybridized carbons (Fsp3) is 0.500. The summed E-state index contributed by atoms with van der Waals surface area (Å²) >= 11 is 4.66. The first-order valence-corrected chi connectivity index (χ1v) is 5.90. The van der Waals surface area contributed by atoms with Crippen LogP contribution in [-0.4, -0.2) is 29.9 Å². The van der Waals surface area contributed by atoms with Gasteiger partial charge in [-0.3, -0.25) is 0 Å². The van der Waals surface area contributed by atoms with Crippen molar-refractivity contribution >= 4 is 33.4 Å². The highest BCUT2D eigenvalue weighted by molar-refractivity contribution is 9.11. The van der Waals surface area contributed by atoms with E-state index in [0.29, 0.717) is 18.7 Å². The van der Waals surface area contributed by atoms with Gasteiger partial charge in [0.05, 0.1) is 11.7 Å². The molecule has 0 aliphatic rings. The van der Waals surface area contributed by atoms with Crippen molar-refractivity contribution in [2.45, 2.75) is 12.5 Å². The third-order valence-corrected chi connectivity index (χ3v) is 3.14. The number of halogens is 1. The summed E-state index contributed by atoms with van der Waals surface area (Å²) in [5.41, 5.74) is 0.714. The molecule has 1 aromatic heterocycles. The van der Waals surface area contributed by atoms with Gasteiger partial charge in [-0.05, 0) is 22.4 Å². The lowest BCUT2D eigenvalue weighted by Gasteiger charge is -2.13. The maximum atomic E-state index is 10.6. The number of methoxy groups -OCH3 is 1. The van der Waals surface area contributed by atoms with E-state index in [1.54, 1.807) is 7.11 Å². The van der Waals surface area contributed by atoms with Gasteiger partial charge in [0.15, 0.2) is 3.92 Å². The summed E-state index contributed by atoms with van der Waals surface area (Å²) in [6.45, 7) is 0.486. The first-order valence-electron chi connectivity index (χ1n) is 4.22. The summed E-state index contributed by atoms with van der Waals surface area (Å²) < 4.78 is 5.66. The molecule has 84 valence electrons. The number of ether oxygens (including phenoxy) is 1. The topological polar surface area (TPSA) is 71.5 Å². The summed E-state index contributed by atoms with van der Waals surface area (Å²) in [4.78, 5) is 14.7. The Morgan fingerprint density at radius 3 is 3.07 bits per heavy atom. The lowest BCUT2D eigenvalue weighted by Crippen LogP contribution is -2.27. The Bertz CT molecular complexity index is 331. The minimum Gasteiger partial charge on any atom is -0.465 e. The number of aromatic nitrogens is 1. The predicted octanol–water partition coefficient (Wildman–Crippen LogP) is 2.25. The van der Waals surface area contributed by atoms with Crippen LogP contribution in [0.5, 0.6) is 0 Å². The van der Waals surface area contributed by atoms with Crippen molar-refractivity contribution < 1.29 is 14.6 Å². The lowest BCUT2D eigenvalue weighted by molar-refractivity contribution is 0.169. The fourth-order valence-electron chi connectivity index (χ4n) is 1.10. The number of hydrogen-bond acceptors (Lipinski definition) is 4. The zero-order valence-corrected chi connectivity index (χ0v) is 10.5. The number of thiazole rings is 1. The summed E-state index contributed by atoms with van der Waals surface area (Å²) in [5, 5.41) is 12.9. The average molecular weight is 295 g/mol. The molecule has 0 radical (unpaired) electrons. The van der Waals surface area contributed by atoms with Crippen LogP contribution in [0.2, 0.25) is 0 Å². The van der Waals surface area contributed by atoms with Crippen LogP contribution in [-0.2, 0) is 4.74 Å². The Balaban J connectivity index is 2.66. The molecule has 0 fully saturated rings. The highest BCUT2D eigenvalue weighted by Gasteiger charge is 2.16. The van der Waals surface area contributed by atoms with E-state index in [4.69, 9.17) is 9.84 Å². The first kappa shape index (κ1) is 12.4. The molecule has 0 saturated carbocycles. The summed E-state index contributed by atoms with van der Waals surface area (Å²) in [7, 11) is 1.58. The molecule has 1 unspecified atom stereocenters. The third kappa shape index (κ3) is 4.15. The zero-order chi connectivity index (χ0) is 11.3. The van der Waals surface area contributed by atoms with Crippen LogP contribution in [0.3, 0.4) is 0 Å². The van der Waals surface area contributed by atoms with E-state index in [9.17, 15) is 4.79 Å². The van der Waals surface area contributed by atoms with Crippen molar-refractivity contribution in [1.82, 2.24) is 10.3 Å². The maximum Gasteiger partial charge on any atom is 0.405 e. The van der Waals surface area contributed by atoms with Gasteiger partial charge in [-0.25, -0.2) is 9.78 Å². The molecule has 1 atom stereocenters. The molecule has 0 spiro atoms. The van der Waals surface area contributed by atoms with Crippen LogP contribution >= 0.6 is 27.3 Å². The Labute approximate surface area is 99.6 Å². The minimum absolute atomic E-state index is 0.315. The number of rotatable bonds is 5. The largest absolute Gasteiger partial charge is 0.465 e. The van der Waals surface area contributed by atoms with E-state index >= 15 is 0 Å². The Morgan fingerprint density at radius 1 is 1.87 bits per heavy atom. The van der Waals surface area contributed by atoms with Crippen molar-refractivity contribution in [2.75, 3.05) is 13.7 Å². The Morgan fingerprint density at radius 2 is 2.60 bits per heavy atom. The van der Waals surface area contributed by atoms with Gasteiger partial charge in [-0.1, -0.05) is 0 Å². The fourth-order valence-corrected chi connectivity index (χ4v) is 2.18. The maximum absolute atomic E-state index is 10.6. The van der Waals surface area contributed by atoms with Crippen molar-refractivity contribution in [1.29, 1.82) is 0 Å². The summed E-state index contributed by atoms with van der Waals surface area (Å²) in [6.07, 6.45) is -0.487. The molecule has 0 aliphatic heterocycles. The Kier molecular flexibility index (Phi) is 5.00. The quantitative estimate of drug-likeness (QED) is 0.874. The van der Waals surface area contributed by atoms with E-state index in [1.807, 2.05) is 5.38 Å². The summed E-state index contributed by atoms with van der Waals surface area (Å²) in [6, 6.07) is -0.315. The number of carbonyl (C=O) groups is 1. The van der Waals surface area contributed by atoms with Gasteiger partial charge in [0.1, 0.15) is 0 Å². The number of hydrogen-bond donors (Lipinski definition) is 2. The number of carboxylic acid groups (broad SMARTS) is 1. The monoisotopic (exact) mass is 294 g/mol. The number of nitrogens with one attached hydrogen (secondary N) is 1. The number of amides is 1. The van der Waals surface area contributed by atoms with Crippen molar-refractivity contribution in [3.05, 3.63) is 15.0 Å². The molecular weight excluding hydrogens is 284 g/mol. The molecule has 15 heavy (non-hydrogen) atoms. The van der Waals surface area contributed by atoms with Crippen molar-refractivity contribution in [3.63, 3.8) is 0 Å². The standard InChI is InChI=1S/C8H11BrN2O3S/c1-14-3-2-5(11-8(12)13)6-4-15-7(9)10-6/h4-5,11H,2-3H2,1H3,(H,12,13). The van der Waals surface area contributed by atoms with Crippen LogP contribution in [0, 0.1) is 0 Å². The zero-order valence-electron chi connectivity index (χ0n) is 8.07. The number of nitrogens with zero attached hydrogens (tertiary/aromatic N) is 1. The smallest absolute Gasteiger partial charge is 0.405 e. The molecule has 2 N–H and O–H groups in total. The van der Waals surface area contributed by atoms with Crippen LogP contribution in [0.4, 0.5) is 4.79 Å². The van der Waals surface area contributed by atoms with Crippen LogP contribution in [0.15, 0.2) is 9.30 Å². The Hall–Kier alpha value is -0.660. The van der Waals surface area contributed by atoms with Crippen LogP contribution < -0.4 is 5.32 Å². The molecular formula is C8H11BrN2O3S. The normalized spacial score (nSPS) is 12.4. The van der Waals surface area contributed by atoms with Crippen molar-refractivity contribution in [3.8, 4) is 0 Å². The average Bonchev–Trinajstić information content (AvgIpc) is 2.58. The highest BCUT2D eigenvalue weighted by atomic mass is 79.9. The van der Waals surface area contributed by atoms with Crippen LogP contribution in [0.1, 0.15) is 18.2 Å². The molecule has 0 aromatic carbocycles. The minimum atomic E-state index is -1.06. The molecule has 0 bridgehead atoms. The second kappa shape index (κ2) is 6.04. The van der Waals surface area contributed by atoms with E-state index in [1.165, 1.54) is 11.3 Å². The van der Waals surface area contributed by atoms with E-state index in [2.05, 4.69) is 26.2 Å². The van der Waals surface area contributed by atoms with Gasteiger partial charge >= 0.3 is 6.09 Å². The van der Waals surface area contributed by atoms with Gasteiger partial charge in [0, 0.05) is 19.1 Å². The molecule has 1 heterocycles. The molecule has 1 rings (SSSR count). The molecule has 1 amide bonds. The summed E-state index contributed by atoms with van der Waals surface area (Å²) in [5.74, 6) is 0.